The van der Waals surface area contributed by atoms with Crippen LogP contribution in [0.25, 0.3) is 66.8 Å². The molecule has 9 rings (SSSR count). The van der Waals surface area contributed by atoms with Crippen molar-refractivity contribution < 1.29 is 4.11 Å². The second kappa shape index (κ2) is 18.3. The molecule has 0 nitrogen and oxygen atoms in total. The Morgan fingerprint density at radius 1 is 0.221 bits per heavy atom. The second-order valence-electron chi connectivity index (χ2n) is 19.7. The van der Waals surface area contributed by atoms with Crippen molar-refractivity contribution in [3.8, 4) is 66.8 Å². The quantitative estimate of drug-likeness (QED) is 0.0769. The molecule has 68 heavy (non-hydrogen) atoms. The van der Waals surface area contributed by atoms with Gasteiger partial charge in [-0.15, -0.1) is 0 Å². The minimum atomic E-state index is -4.57. The lowest BCUT2D eigenvalue weighted by atomic mass is 9.90. The van der Waals surface area contributed by atoms with E-state index in [9.17, 15) is 0 Å². The first-order valence-electron chi connectivity index (χ1n) is 24.1. The van der Waals surface area contributed by atoms with E-state index in [2.05, 4.69) is 247 Å². The van der Waals surface area contributed by atoms with Gasteiger partial charge in [0.05, 0.1) is 0 Å². The van der Waals surface area contributed by atoms with E-state index < -0.39 is 8.41 Å². The highest BCUT2D eigenvalue weighted by Crippen LogP contribution is 2.39. The summed E-state index contributed by atoms with van der Waals surface area (Å²) in [5.74, 6) is 0. The van der Waals surface area contributed by atoms with Crippen molar-refractivity contribution in [1.29, 1.82) is 0 Å². The van der Waals surface area contributed by atoms with E-state index >= 15 is 4.11 Å². The number of halogens is 1. The molecule has 0 aliphatic heterocycles. The van der Waals surface area contributed by atoms with Crippen LogP contribution in [-0.2, 0) is 0 Å². The van der Waals surface area contributed by atoms with Crippen LogP contribution in [0.4, 0.5) is 4.11 Å². The maximum absolute atomic E-state index is 21.5. The van der Waals surface area contributed by atoms with Crippen molar-refractivity contribution in [1.82, 2.24) is 0 Å². The molecule has 0 aromatic heterocycles. The summed E-state index contributed by atoms with van der Waals surface area (Å²) in [5.41, 5.74) is 27.2. The molecule has 0 N–H and O–H groups in total. The summed E-state index contributed by atoms with van der Waals surface area (Å²) in [6.45, 7) is 26.2. The average molecular weight is 903 g/mol. The fraction of sp³-hybridized carbons (Fsp3) is 0.182. The predicted molar refractivity (Wildman–Crippen MR) is 295 cm³/mol. The molecule has 0 fully saturated rings. The first-order valence-corrected chi connectivity index (χ1v) is 26.0. The lowest BCUT2D eigenvalue weighted by Crippen LogP contribution is -2.64. The number of benzene rings is 9. The molecule has 0 spiro atoms. The molecule has 9 aromatic carbocycles. The lowest BCUT2D eigenvalue weighted by Gasteiger charge is -2.29. The SMILES string of the molecule is Cc1cccc(C)c1-c1cc(-c2c(C)cccc2C)cc([Si](F)(c2cc(-c3c(C)cccc3C)cc(-c3c(C)cccc3C)c2)c2cc(-c3c(C)cccc3C)cc(-c3c(C)cccc3C)c2)c1. The molecule has 2 heteroatoms. The van der Waals surface area contributed by atoms with Crippen LogP contribution < -0.4 is 15.6 Å². The number of aryl methyl sites for hydroxylation is 12. The summed E-state index contributed by atoms with van der Waals surface area (Å²) in [7, 11) is -4.57. The molecule has 0 heterocycles. The monoisotopic (exact) mass is 902 g/mol. The van der Waals surface area contributed by atoms with E-state index in [-0.39, 0.29) is 0 Å². The molecule has 0 radical (unpaired) electrons. The molecule has 338 valence electrons. The highest BCUT2D eigenvalue weighted by molar-refractivity contribution is 7.07. The van der Waals surface area contributed by atoms with Crippen LogP contribution in [-0.4, -0.2) is 8.41 Å². The van der Waals surface area contributed by atoms with E-state index in [1.165, 1.54) is 66.8 Å². The van der Waals surface area contributed by atoms with E-state index in [1.807, 2.05) is 0 Å². The van der Waals surface area contributed by atoms with Crippen LogP contribution in [0.15, 0.2) is 164 Å². The summed E-state index contributed by atoms with van der Waals surface area (Å²) in [5, 5.41) is 2.19. The highest BCUT2D eigenvalue weighted by atomic mass is 28.4. The Bertz CT molecular complexity index is 2750. The second-order valence-corrected chi connectivity index (χ2v) is 22.7. The van der Waals surface area contributed by atoms with Crippen molar-refractivity contribution in [3.05, 3.63) is 231 Å². The van der Waals surface area contributed by atoms with Gasteiger partial charge in [-0.3, -0.25) is 4.11 Å². The molecule has 0 bridgehead atoms. The van der Waals surface area contributed by atoms with Gasteiger partial charge in [0.2, 0.25) is 0 Å². The van der Waals surface area contributed by atoms with Gasteiger partial charge in [-0.05, 0) is 250 Å². The Kier molecular flexibility index (Phi) is 12.5. The molecule has 0 saturated heterocycles. The lowest BCUT2D eigenvalue weighted by molar-refractivity contribution is 0.842. The zero-order valence-electron chi connectivity index (χ0n) is 42.0. The molecule has 0 amide bonds. The maximum atomic E-state index is 21.5. The summed E-state index contributed by atoms with van der Waals surface area (Å²) in [4.78, 5) is 0. The van der Waals surface area contributed by atoms with Gasteiger partial charge in [0.15, 0.2) is 0 Å². The van der Waals surface area contributed by atoms with Crippen LogP contribution in [0.1, 0.15) is 66.8 Å². The van der Waals surface area contributed by atoms with Crippen molar-refractivity contribution in [2.75, 3.05) is 0 Å². The average Bonchev–Trinajstić information content (AvgIpc) is 3.28. The third-order valence-electron chi connectivity index (χ3n) is 14.6. The Balaban J connectivity index is 1.50. The normalized spacial score (nSPS) is 11.6. The van der Waals surface area contributed by atoms with Crippen molar-refractivity contribution >= 4 is 24.0 Å². The van der Waals surface area contributed by atoms with Crippen LogP contribution in [0.2, 0.25) is 0 Å². The zero-order chi connectivity index (χ0) is 48.2. The maximum Gasteiger partial charge on any atom is 0.339 e. The van der Waals surface area contributed by atoms with Gasteiger partial charge in [0, 0.05) is 0 Å². The fourth-order valence-corrected chi connectivity index (χ4v) is 14.6. The van der Waals surface area contributed by atoms with Gasteiger partial charge in [-0.2, -0.15) is 0 Å². The van der Waals surface area contributed by atoms with E-state index in [4.69, 9.17) is 0 Å². The van der Waals surface area contributed by atoms with Crippen LogP contribution in [0.3, 0.4) is 0 Å². The molecule has 0 atom stereocenters. The summed E-state index contributed by atoms with van der Waals surface area (Å²) in [6, 6.07) is 59.2. The highest BCUT2D eigenvalue weighted by Gasteiger charge is 2.44. The number of hydrogen-bond donors (Lipinski definition) is 0. The van der Waals surface area contributed by atoms with Gasteiger partial charge in [0.1, 0.15) is 0 Å². The minimum absolute atomic E-state index is 0.729. The predicted octanol–water partition coefficient (Wildman–Crippen LogP) is 16.3. The molecule has 0 aliphatic carbocycles. The van der Waals surface area contributed by atoms with Crippen molar-refractivity contribution in [3.63, 3.8) is 0 Å². The molecular formula is C66H63FSi. The van der Waals surface area contributed by atoms with Gasteiger partial charge < -0.3 is 0 Å². The topological polar surface area (TPSA) is 0 Å². The number of rotatable bonds is 9. The van der Waals surface area contributed by atoms with Crippen molar-refractivity contribution in [2.24, 2.45) is 0 Å². The summed E-state index contributed by atoms with van der Waals surface area (Å²) >= 11 is 0. The minimum Gasteiger partial charge on any atom is -0.296 e. The van der Waals surface area contributed by atoms with Gasteiger partial charge >= 0.3 is 8.41 Å². The van der Waals surface area contributed by atoms with Crippen molar-refractivity contribution in [2.45, 2.75) is 83.1 Å². The molecule has 0 saturated carbocycles. The van der Waals surface area contributed by atoms with Gasteiger partial charge in [0.25, 0.3) is 0 Å². The van der Waals surface area contributed by atoms with E-state index in [0.717, 1.165) is 82.3 Å². The third-order valence-corrected chi connectivity index (χ3v) is 17.9. The number of hydrogen-bond acceptors (Lipinski definition) is 0. The Hall–Kier alpha value is -6.87. The standard InChI is InChI=1S/C66H63FSi/c1-40-19-13-20-41(2)61(40)52-31-53(62-42(3)21-14-22-43(62)4)35-58(34-52)68(67,59-36-54(63-44(5)23-15-24-45(63)6)32-55(37-59)64-46(7)25-16-26-47(64)8)60-38-56(65-48(9)27-17-28-49(65)10)33-57(39-60)66-50(11)29-18-30-51(66)12/h13-39H,1-12H3. The first kappa shape index (κ1) is 46.2. The van der Waals surface area contributed by atoms with E-state index in [1.54, 1.807) is 0 Å². The molecular weight excluding hydrogens is 840 g/mol. The first-order chi connectivity index (χ1) is 32.5. The van der Waals surface area contributed by atoms with Crippen LogP contribution in [0, 0.1) is 83.1 Å². The van der Waals surface area contributed by atoms with Crippen LogP contribution >= 0.6 is 0 Å². The Labute approximate surface area is 406 Å². The van der Waals surface area contributed by atoms with E-state index in [0.29, 0.717) is 0 Å². The van der Waals surface area contributed by atoms with Gasteiger partial charge in [-0.25, -0.2) is 0 Å². The van der Waals surface area contributed by atoms with Gasteiger partial charge in [-0.1, -0.05) is 146 Å². The Morgan fingerprint density at radius 3 is 0.485 bits per heavy atom. The summed E-state index contributed by atoms with van der Waals surface area (Å²) in [6.07, 6.45) is 0. The smallest absolute Gasteiger partial charge is 0.296 e. The Morgan fingerprint density at radius 2 is 0.353 bits per heavy atom. The molecule has 0 aliphatic rings. The molecule has 0 unspecified atom stereocenters. The largest absolute Gasteiger partial charge is 0.339 e. The summed E-state index contributed by atoms with van der Waals surface area (Å²) < 4.78 is 21.5. The zero-order valence-corrected chi connectivity index (χ0v) is 43.0. The van der Waals surface area contributed by atoms with Crippen LogP contribution in [0.5, 0.6) is 0 Å². The third kappa shape index (κ3) is 8.30. The fourth-order valence-electron chi connectivity index (χ4n) is 11.5. The molecule has 9 aromatic rings.